The average Bonchev–Trinajstić information content (AvgIpc) is 2.53. The van der Waals surface area contributed by atoms with Crippen LogP contribution < -0.4 is 11.1 Å². The van der Waals surface area contributed by atoms with Crippen LogP contribution in [-0.4, -0.2) is 49.2 Å². The summed E-state index contributed by atoms with van der Waals surface area (Å²) in [6.45, 7) is 8.54. The predicted octanol–water partition coefficient (Wildman–Crippen LogP) is 1.76. The summed E-state index contributed by atoms with van der Waals surface area (Å²) < 4.78 is 5.73. The molecular formula is C18H29N3O2. The van der Waals surface area contributed by atoms with Crippen LogP contribution in [0.4, 0.5) is 0 Å². The number of benzene rings is 1. The van der Waals surface area contributed by atoms with Crippen molar-refractivity contribution in [3.05, 3.63) is 35.4 Å². The summed E-state index contributed by atoms with van der Waals surface area (Å²) in [6.07, 6.45) is 2.71. The molecule has 1 aliphatic rings. The molecule has 1 heterocycles. The van der Waals surface area contributed by atoms with Gasteiger partial charge in [-0.2, -0.15) is 0 Å². The third-order valence-electron chi connectivity index (χ3n) is 4.13. The fourth-order valence-electron chi connectivity index (χ4n) is 3.02. The van der Waals surface area contributed by atoms with Gasteiger partial charge in [-0.3, -0.25) is 9.69 Å². The maximum Gasteiger partial charge on any atom is 0.251 e. The lowest BCUT2D eigenvalue weighted by Crippen LogP contribution is -2.45. The zero-order valence-electron chi connectivity index (χ0n) is 14.3. The van der Waals surface area contributed by atoms with Crippen LogP contribution in [0.2, 0.25) is 0 Å². The number of nitrogens with one attached hydrogen (secondary N) is 1. The Labute approximate surface area is 139 Å². The van der Waals surface area contributed by atoms with Crippen LogP contribution in [0.15, 0.2) is 24.3 Å². The first-order chi connectivity index (χ1) is 11.1. The number of hydrogen-bond donors (Lipinski definition) is 2. The zero-order chi connectivity index (χ0) is 16.7. The molecule has 0 radical (unpaired) electrons. The molecule has 0 aliphatic carbocycles. The molecule has 5 heteroatoms. The largest absolute Gasteiger partial charge is 0.373 e. The minimum Gasteiger partial charge on any atom is -0.373 e. The summed E-state index contributed by atoms with van der Waals surface area (Å²) in [7, 11) is 0. The SMILES string of the molecule is CC1CN(CCCCNC(=O)c2ccc(CN)cc2)CC(C)O1. The lowest BCUT2D eigenvalue weighted by molar-refractivity contribution is -0.0681. The number of carbonyl (C=O) groups is 1. The number of nitrogens with zero attached hydrogens (tertiary/aromatic N) is 1. The molecule has 2 atom stereocenters. The quantitative estimate of drug-likeness (QED) is 0.752. The first-order valence-corrected chi connectivity index (χ1v) is 8.53. The highest BCUT2D eigenvalue weighted by atomic mass is 16.5. The highest BCUT2D eigenvalue weighted by Crippen LogP contribution is 2.11. The van der Waals surface area contributed by atoms with E-state index in [-0.39, 0.29) is 5.91 Å². The van der Waals surface area contributed by atoms with E-state index < -0.39 is 0 Å². The summed E-state index contributed by atoms with van der Waals surface area (Å²) in [5.41, 5.74) is 7.29. The van der Waals surface area contributed by atoms with Gasteiger partial charge in [-0.15, -0.1) is 0 Å². The monoisotopic (exact) mass is 319 g/mol. The molecule has 3 N–H and O–H groups in total. The van der Waals surface area contributed by atoms with Crippen LogP contribution in [0.25, 0.3) is 0 Å². The van der Waals surface area contributed by atoms with E-state index in [1.54, 1.807) is 0 Å². The van der Waals surface area contributed by atoms with E-state index >= 15 is 0 Å². The fraction of sp³-hybridized carbons (Fsp3) is 0.611. The van der Waals surface area contributed by atoms with Gasteiger partial charge < -0.3 is 15.8 Å². The Morgan fingerprint density at radius 3 is 2.48 bits per heavy atom. The number of rotatable bonds is 7. The van der Waals surface area contributed by atoms with E-state index in [0.29, 0.717) is 30.9 Å². The molecule has 1 aromatic carbocycles. The molecule has 1 fully saturated rings. The van der Waals surface area contributed by atoms with Gasteiger partial charge in [-0.25, -0.2) is 0 Å². The lowest BCUT2D eigenvalue weighted by atomic mass is 10.1. The number of nitrogens with two attached hydrogens (primary N) is 1. The van der Waals surface area contributed by atoms with Crippen LogP contribution in [0.1, 0.15) is 42.6 Å². The Morgan fingerprint density at radius 2 is 1.87 bits per heavy atom. The molecule has 1 aliphatic heterocycles. The standard InChI is InChI=1S/C18H29N3O2/c1-14-12-21(13-15(2)23-14)10-4-3-9-20-18(22)17-7-5-16(11-19)6-8-17/h5-8,14-15H,3-4,9-13,19H2,1-2H3,(H,20,22). The van der Waals surface area contributed by atoms with Gasteiger partial charge in [-0.1, -0.05) is 12.1 Å². The van der Waals surface area contributed by atoms with Gasteiger partial charge in [0.2, 0.25) is 0 Å². The molecular weight excluding hydrogens is 290 g/mol. The zero-order valence-corrected chi connectivity index (χ0v) is 14.3. The van der Waals surface area contributed by atoms with E-state index in [1.165, 1.54) is 0 Å². The van der Waals surface area contributed by atoms with E-state index in [4.69, 9.17) is 10.5 Å². The van der Waals surface area contributed by atoms with Crippen LogP contribution in [0, 0.1) is 0 Å². The number of ether oxygens (including phenoxy) is 1. The lowest BCUT2D eigenvalue weighted by Gasteiger charge is -2.35. The third-order valence-corrected chi connectivity index (χ3v) is 4.13. The summed E-state index contributed by atoms with van der Waals surface area (Å²) in [6, 6.07) is 7.45. The molecule has 0 spiro atoms. The van der Waals surface area contributed by atoms with Crippen molar-refractivity contribution in [3.63, 3.8) is 0 Å². The van der Waals surface area contributed by atoms with E-state index in [9.17, 15) is 4.79 Å². The van der Waals surface area contributed by atoms with Crippen molar-refractivity contribution in [1.29, 1.82) is 0 Å². The van der Waals surface area contributed by atoms with Crippen molar-refractivity contribution in [3.8, 4) is 0 Å². The number of unbranched alkanes of at least 4 members (excludes halogenated alkanes) is 1. The number of amides is 1. The molecule has 2 rings (SSSR count). The van der Waals surface area contributed by atoms with Crippen LogP contribution in [0.3, 0.4) is 0 Å². The molecule has 1 saturated heterocycles. The molecule has 128 valence electrons. The summed E-state index contributed by atoms with van der Waals surface area (Å²) in [5.74, 6) is -0.0119. The van der Waals surface area contributed by atoms with Gasteiger partial charge in [0, 0.05) is 31.7 Å². The highest BCUT2D eigenvalue weighted by Gasteiger charge is 2.21. The first-order valence-electron chi connectivity index (χ1n) is 8.53. The van der Waals surface area contributed by atoms with Crippen molar-refractivity contribution in [2.75, 3.05) is 26.2 Å². The molecule has 0 bridgehead atoms. The second kappa shape index (κ2) is 9.01. The van der Waals surface area contributed by atoms with Gasteiger partial charge in [0.15, 0.2) is 0 Å². The average molecular weight is 319 g/mol. The van der Waals surface area contributed by atoms with Gasteiger partial charge in [0.05, 0.1) is 12.2 Å². The maximum absolute atomic E-state index is 12.0. The second-order valence-corrected chi connectivity index (χ2v) is 6.38. The van der Waals surface area contributed by atoms with Crippen molar-refractivity contribution >= 4 is 5.91 Å². The third kappa shape index (κ3) is 5.94. The molecule has 0 aromatic heterocycles. The van der Waals surface area contributed by atoms with Crippen LogP contribution in [0.5, 0.6) is 0 Å². The highest BCUT2D eigenvalue weighted by molar-refractivity contribution is 5.94. The van der Waals surface area contributed by atoms with Gasteiger partial charge >= 0.3 is 0 Å². The maximum atomic E-state index is 12.0. The van der Waals surface area contributed by atoms with Crippen LogP contribution >= 0.6 is 0 Å². The smallest absolute Gasteiger partial charge is 0.251 e. The Hall–Kier alpha value is -1.43. The molecule has 23 heavy (non-hydrogen) atoms. The molecule has 2 unspecified atom stereocenters. The van der Waals surface area contributed by atoms with Gasteiger partial charge in [0.1, 0.15) is 0 Å². The number of carbonyl (C=O) groups excluding carboxylic acids is 1. The molecule has 1 aromatic rings. The normalized spacial score (nSPS) is 22.0. The summed E-state index contributed by atoms with van der Waals surface area (Å²) in [4.78, 5) is 14.5. The van der Waals surface area contributed by atoms with Crippen molar-refractivity contribution in [2.24, 2.45) is 5.73 Å². The Balaban J connectivity index is 1.62. The minimum atomic E-state index is -0.0119. The van der Waals surface area contributed by atoms with Crippen molar-refractivity contribution < 1.29 is 9.53 Å². The molecule has 1 amide bonds. The fourth-order valence-corrected chi connectivity index (χ4v) is 3.02. The van der Waals surface area contributed by atoms with Gasteiger partial charge in [0.25, 0.3) is 5.91 Å². The molecule has 0 saturated carbocycles. The van der Waals surface area contributed by atoms with E-state index in [1.807, 2.05) is 24.3 Å². The van der Waals surface area contributed by atoms with Crippen molar-refractivity contribution in [2.45, 2.75) is 45.4 Å². The number of hydrogen-bond acceptors (Lipinski definition) is 4. The first kappa shape index (κ1) is 17.9. The topological polar surface area (TPSA) is 67.6 Å². The second-order valence-electron chi connectivity index (χ2n) is 6.38. The predicted molar refractivity (Wildman–Crippen MR) is 92.3 cm³/mol. The number of morpholine rings is 1. The van der Waals surface area contributed by atoms with E-state index in [2.05, 4.69) is 24.1 Å². The summed E-state index contributed by atoms with van der Waals surface area (Å²) in [5, 5.41) is 2.98. The van der Waals surface area contributed by atoms with E-state index in [0.717, 1.165) is 38.0 Å². The van der Waals surface area contributed by atoms with Gasteiger partial charge in [-0.05, 0) is 50.9 Å². The minimum absolute atomic E-state index is 0.0119. The Bertz CT molecular complexity index is 480. The van der Waals surface area contributed by atoms with Crippen LogP contribution in [-0.2, 0) is 11.3 Å². The Morgan fingerprint density at radius 1 is 1.22 bits per heavy atom. The summed E-state index contributed by atoms with van der Waals surface area (Å²) >= 11 is 0. The Kier molecular flexibility index (Phi) is 7.02. The molecule has 5 nitrogen and oxygen atoms in total. The van der Waals surface area contributed by atoms with Crippen molar-refractivity contribution in [1.82, 2.24) is 10.2 Å².